The molecule has 0 fully saturated rings. The van der Waals surface area contributed by atoms with Crippen LogP contribution in [0.15, 0.2) is 85.0 Å². The molecule has 200 valence electrons. The van der Waals surface area contributed by atoms with Gasteiger partial charge in [-0.2, -0.15) is 0 Å². The fourth-order valence-corrected chi connectivity index (χ4v) is 2.95. The number of hydrogen-bond donors (Lipinski definition) is 1. The van der Waals surface area contributed by atoms with Crippen molar-refractivity contribution in [3.63, 3.8) is 0 Å². The molecule has 2 aromatic rings. The smallest absolute Gasteiger partial charge is 0.338 e. The number of esters is 3. The van der Waals surface area contributed by atoms with E-state index in [4.69, 9.17) is 18.9 Å². The fourth-order valence-electron chi connectivity index (χ4n) is 2.95. The molecule has 0 aliphatic rings. The van der Waals surface area contributed by atoms with Crippen molar-refractivity contribution in [2.75, 3.05) is 0 Å². The van der Waals surface area contributed by atoms with Crippen molar-refractivity contribution >= 4 is 17.9 Å². The summed E-state index contributed by atoms with van der Waals surface area (Å²) in [5.74, 6) is -1.41. The number of hydrogen-bond acceptors (Lipinski definition) is 8. The Kier molecular flexibility index (Phi) is 10.4. The Morgan fingerprint density at radius 2 is 1.32 bits per heavy atom. The second kappa shape index (κ2) is 13.2. The Hall–Kier alpha value is -4.43. The lowest BCUT2D eigenvalue weighted by Gasteiger charge is -2.18. The number of aliphatic hydroxyl groups excluding tert-OH is 1. The fraction of sp³-hybridized carbons (Fsp3) is 0.233. The van der Waals surface area contributed by atoms with E-state index in [1.807, 2.05) is 0 Å². The highest BCUT2D eigenvalue weighted by Gasteiger charge is 2.16. The highest BCUT2D eigenvalue weighted by atomic mass is 16.6. The van der Waals surface area contributed by atoms with Crippen molar-refractivity contribution in [1.82, 2.24) is 0 Å². The van der Waals surface area contributed by atoms with Gasteiger partial charge >= 0.3 is 17.9 Å². The zero-order valence-electron chi connectivity index (χ0n) is 22.1. The predicted octanol–water partition coefficient (Wildman–Crippen LogP) is 5.35. The minimum absolute atomic E-state index is 0.0250. The zero-order valence-corrected chi connectivity index (χ0v) is 22.1. The van der Waals surface area contributed by atoms with Crippen LogP contribution in [0, 0.1) is 0 Å². The van der Waals surface area contributed by atoms with Crippen molar-refractivity contribution in [2.45, 2.75) is 47.2 Å². The number of ether oxygens (including phenoxy) is 4. The molecular weight excluding hydrogens is 488 g/mol. The van der Waals surface area contributed by atoms with Gasteiger partial charge < -0.3 is 24.1 Å². The number of benzene rings is 2. The maximum absolute atomic E-state index is 12.2. The molecule has 1 atom stereocenters. The second-order valence-corrected chi connectivity index (χ2v) is 8.88. The SMILES string of the molecule is C=C(C)C(=O)OCc1ccc(-c2cc(OC(=O)C(=C)C)cc(OC(O)C(=C)C)c2)c(COC(=O)C(=C)C)c1. The monoisotopic (exact) mass is 520 g/mol. The summed E-state index contributed by atoms with van der Waals surface area (Å²) in [4.78, 5) is 36.1. The van der Waals surface area contributed by atoms with Crippen molar-refractivity contribution in [3.05, 3.63) is 96.1 Å². The van der Waals surface area contributed by atoms with Gasteiger partial charge in [0.2, 0.25) is 6.29 Å². The van der Waals surface area contributed by atoms with Gasteiger partial charge in [0.05, 0.1) is 0 Å². The van der Waals surface area contributed by atoms with E-state index in [1.165, 1.54) is 19.9 Å². The van der Waals surface area contributed by atoms with Gasteiger partial charge in [0, 0.05) is 22.8 Å². The van der Waals surface area contributed by atoms with E-state index in [2.05, 4.69) is 26.3 Å². The normalized spacial score (nSPS) is 11.1. The second-order valence-electron chi connectivity index (χ2n) is 8.88. The molecule has 0 radical (unpaired) electrons. The van der Waals surface area contributed by atoms with Crippen LogP contribution in [0.2, 0.25) is 0 Å². The van der Waals surface area contributed by atoms with Gasteiger partial charge in [0.25, 0.3) is 0 Å². The molecule has 8 nitrogen and oxygen atoms in total. The first-order chi connectivity index (χ1) is 17.8. The van der Waals surface area contributed by atoms with Crippen LogP contribution in [-0.4, -0.2) is 29.3 Å². The Bertz CT molecular complexity index is 1300. The molecule has 1 N–H and O–H groups in total. The van der Waals surface area contributed by atoms with Gasteiger partial charge in [-0.15, -0.1) is 0 Å². The van der Waals surface area contributed by atoms with Crippen LogP contribution in [0.25, 0.3) is 11.1 Å². The molecule has 0 heterocycles. The molecule has 0 saturated heterocycles. The molecule has 2 rings (SSSR count). The molecule has 0 bridgehead atoms. The van der Waals surface area contributed by atoms with E-state index < -0.39 is 24.2 Å². The minimum atomic E-state index is -1.30. The largest absolute Gasteiger partial charge is 0.461 e. The third-order valence-electron chi connectivity index (χ3n) is 5.01. The number of carbonyl (C=O) groups is 3. The van der Waals surface area contributed by atoms with Crippen molar-refractivity contribution in [2.24, 2.45) is 0 Å². The number of rotatable bonds is 12. The third-order valence-corrected chi connectivity index (χ3v) is 5.01. The zero-order chi connectivity index (χ0) is 28.6. The first kappa shape index (κ1) is 29.8. The summed E-state index contributed by atoms with van der Waals surface area (Å²) >= 11 is 0. The molecule has 0 amide bonds. The lowest BCUT2D eigenvalue weighted by Crippen LogP contribution is -2.16. The summed E-state index contributed by atoms with van der Waals surface area (Å²) < 4.78 is 21.6. The van der Waals surface area contributed by atoms with Gasteiger partial charge in [-0.1, -0.05) is 38.4 Å². The van der Waals surface area contributed by atoms with Crippen LogP contribution in [0.5, 0.6) is 11.5 Å². The van der Waals surface area contributed by atoms with Crippen molar-refractivity contribution in [1.29, 1.82) is 0 Å². The first-order valence-electron chi connectivity index (χ1n) is 11.6. The van der Waals surface area contributed by atoms with Crippen LogP contribution < -0.4 is 9.47 Å². The van der Waals surface area contributed by atoms with Crippen LogP contribution in [-0.2, 0) is 37.1 Å². The van der Waals surface area contributed by atoms with Crippen LogP contribution in [0.4, 0.5) is 0 Å². The molecule has 0 saturated carbocycles. The minimum Gasteiger partial charge on any atom is -0.461 e. The highest BCUT2D eigenvalue weighted by molar-refractivity contribution is 5.89. The average Bonchev–Trinajstić information content (AvgIpc) is 2.85. The summed E-state index contributed by atoms with van der Waals surface area (Å²) in [6.45, 7) is 20.5. The molecule has 38 heavy (non-hydrogen) atoms. The van der Waals surface area contributed by atoms with Crippen molar-refractivity contribution < 1.29 is 38.4 Å². The van der Waals surface area contributed by atoms with E-state index in [-0.39, 0.29) is 41.4 Å². The van der Waals surface area contributed by atoms with E-state index in [9.17, 15) is 19.5 Å². The highest BCUT2D eigenvalue weighted by Crippen LogP contribution is 2.34. The maximum Gasteiger partial charge on any atom is 0.338 e. The summed E-state index contributed by atoms with van der Waals surface area (Å²) in [7, 11) is 0. The van der Waals surface area contributed by atoms with E-state index in [0.29, 0.717) is 27.8 Å². The van der Waals surface area contributed by atoms with E-state index in [1.54, 1.807) is 44.2 Å². The molecule has 0 aliphatic carbocycles. The Balaban J connectivity index is 2.57. The van der Waals surface area contributed by atoms with Gasteiger partial charge in [0.1, 0.15) is 24.7 Å². The summed E-state index contributed by atoms with van der Waals surface area (Å²) in [6, 6.07) is 9.88. The van der Waals surface area contributed by atoms with Crippen LogP contribution in [0.3, 0.4) is 0 Å². The van der Waals surface area contributed by atoms with Gasteiger partial charge in [-0.25, -0.2) is 14.4 Å². The standard InChI is InChI=1S/C30H32O8/c1-17(2)27(31)35-15-21-9-10-26(23(11-21)16-36-28(32)18(3)4)22-12-24(37-29(33)19(5)6)14-25(13-22)38-30(34)20(7)8/h9-14,29,33H,1,3,5,7,15-16H2,2,4,6,8H3. The first-order valence-corrected chi connectivity index (χ1v) is 11.6. The molecular formula is C30H32O8. The van der Waals surface area contributed by atoms with E-state index >= 15 is 0 Å². The Labute approximate surface area is 222 Å². The molecule has 0 spiro atoms. The lowest BCUT2D eigenvalue weighted by molar-refractivity contribution is -0.140. The molecule has 8 heteroatoms. The van der Waals surface area contributed by atoms with Gasteiger partial charge in [-0.3, -0.25) is 0 Å². The van der Waals surface area contributed by atoms with Crippen LogP contribution >= 0.6 is 0 Å². The predicted molar refractivity (Wildman–Crippen MR) is 143 cm³/mol. The van der Waals surface area contributed by atoms with E-state index in [0.717, 1.165) is 0 Å². The molecule has 2 aromatic carbocycles. The molecule has 0 aliphatic heterocycles. The van der Waals surface area contributed by atoms with Crippen LogP contribution in [0.1, 0.15) is 38.8 Å². The summed E-state index contributed by atoms with van der Waals surface area (Å²) in [6.07, 6.45) is -1.30. The lowest BCUT2D eigenvalue weighted by atomic mass is 9.97. The maximum atomic E-state index is 12.2. The quantitative estimate of drug-likeness (QED) is 0.131. The topological polar surface area (TPSA) is 108 Å². The van der Waals surface area contributed by atoms with Crippen molar-refractivity contribution in [3.8, 4) is 22.6 Å². The molecule has 1 unspecified atom stereocenters. The Morgan fingerprint density at radius 3 is 1.87 bits per heavy atom. The third kappa shape index (κ3) is 8.60. The number of carbonyl (C=O) groups excluding carboxylic acids is 3. The summed E-state index contributed by atoms with van der Waals surface area (Å²) in [5.41, 5.74) is 3.42. The summed E-state index contributed by atoms with van der Waals surface area (Å²) in [5, 5.41) is 10.2. The average molecular weight is 521 g/mol. The molecule has 0 aromatic heterocycles. The Morgan fingerprint density at radius 1 is 0.763 bits per heavy atom. The van der Waals surface area contributed by atoms with Gasteiger partial charge in [0.15, 0.2) is 0 Å². The number of aliphatic hydroxyl groups is 1. The van der Waals surface area contributed by atoms with Gasteiger partial charge in [-0.05, 0) is 73.7 Å².